The molecule has 0 atom stereocenters. The molecule has 0 radical (unpaired) electrons. The predicted octanol–water partition coefficient (Wildman–Crippen LogP) is 6.87. The Labute approximate surface area is 281 Å². The Morgan fingerprint density at radius 3 is 2.06 bits per heavy atom. The molecule has 0 bridgehead atoms. The van der Waals surface area contributed by atoms with Crippen LogP contribution < -0.4 is 5.32 Å². The summed E-state index contributed by atoms with van der Waals surface area (Å²) in [6.07, 6.45) is 0.0239. The number of aromatic nitrogens is 3. The quantitative estimate of drug-likeness (QED) is 0.314. The summed E-state index contributed by atoms with van der Waals surface area (Å²) in [6, 6.07) is 16.1. The van der Waals surface area contributed by atoms with E-state index in [1.165, 1.54) is 24.9 Å². The van der Waals surface area contributed by atoms with Crippen LogP contribution in [0.3, 0.4) is 0 Å². The zero-order chi connectivity index (χ0) is 21.6. The van der Waals surface area contributed by atoms with Crippen LogP contribution in [0.2, 0.25) is 0 Å². The van der Waals surface area contributed by atoms with E-state index in [0.29, 0.717) is 17.0 Å². The van der Waals surface area contributed by atoms with Gasteiger partial charge in [0.1, 0.15) is 12.1 Å². The molecule has 2 heterocycles. The molecule has 2 aromatic heterocycles. The van der Waals surface area contributed by atoms with Gasteiger partial charge < -0.3 is 5.32 Å². The number of benzene rings is 2. The molecule has 0 spiro atoms. The van der Waals surface area contributed by atoms with Crippen LogP contribution in [0.4, 0.5) is 24.7 Å². The Morgan fingerprint density at radius 1 is 0.818 bits per heavy atom. The average Bonchev–Trinajstić information content (AvgIpc) is 2.74. The number of pyridine rings is 1. The van der Waals surface area contributed by atoms with Gasteiger partial charge in [-0.3, -0.25) is 4.98 Å². The summed E-state index contributed by atoms with van der Waals surface area (Å²) >= 11 is 0. The van der Waals surface area contributed by atoms with Crippen molar-refractivity contribution in [2.45, 2.75) is 26.4 Å². The average molecular weight is 530 g/mol. The van der Waals surface area contributed by atoms with E-state index >= 15 is 0 Å². The molecule has 4 aromatic rings. The summed E-state index contributed by atoms with van der Waals surface area (Å²) in [5.41, 5.74) is 2.28. The SMILES string of the molecule is CCC.FC(F)(F)c1ccc(Nc2ncnc3cc(-c4ccccn4)ccc23)cc1.[Ar].[Ar].[Ar]. The standard InChI is InChI=1S/C20H13F3N4.C3H8.3Ar/c21-20(22,23)14-5-7-15(8-6-14)27-19-16-9-4-13(11-18(16)25-12-26-19)17-3-1-2-10-24-17;1-3-2;;;/h1-12H,(H,25,26,27);3H2,1-2H3;;;. The predicted molar refractivity (Wildman–Crippen MR) is 113 cm³/mol. The van der Waals surface area contributed by atoms with Crippen molar-refractivity contribution in [2.75, 3.05) is 5.32 Å². The van der Waals surface area contributed by atoms with Gasteiger partial charge in [0.25, 0.3) is 0 Å². The van der Waals surface area contributed by atoms with Crippen molar-refractivity contribution in [3.8, 4) is 11.3 Å². The molecule has 0 aliphatic carbocycles. The van der Waals surface area contributed by atoms with Gasteiger partial charge in [0, 0.05) is 136 Å². The molecule has 0 aliphatic heterocycles. The fourth-order valence-electron chi connectivity index (χ4n) is 2.73. The Bertz CT molecular complexity index is 1110. The number of fused-ring (bicyclic) bond motifs is 1. The fourth-order valence-corrected chi connectivity index (χ4v) is 2.73. The summed E-state index contributed by atoms with van der Waals surface area (Å²) in [6.45, 7) is 4.25. The van der Waals surface area contributed by atoms with Crippen molar-refractivity contribution in [1.29, 1.82) is 0 Å². The summed E-state index contributed by atoms with van der Waals surface area (Å²) in [5.74, 6) is 0.521. The van der Waals surface area contributed by atoms with Crippen molar-refractivity contribution in [3.05, 3.63) is 78.8 Å². The maximum absolute atomic E-state index is 12.7. The van der Waals surface area contributed by atoms with Crippen molar-refractivity contribution in [3.63, 3.8) is 0 Å². The minimum absolute atomic E-state index is 0. The van der Waals surface area contributed by atoms with Gasteiger partial charge in [-0.05, 0) is 48.5 Å². The Morgan fingerprint density at radius 2 is 1.48 bits per heavy atom. The minimum Gasteiger partial charge on any atom is -0.340 e. The van der Waals surface area contributed by atoms with Gasteiger partial charge in [-0.1, -0.05) is 32.4 Å². The first-order valence-corrected chi connectivity index (χ1v) is 9.52. The second kappa shape index (κ2) is 16.1. The van der Waals surface area contributed by atoms with Gasteiger partial charge in [-0.15, -0.1) is 0 Å². The molecule has 178 valence electrons. The van der Waals surface area contributed by atoms with E-state index in [4.69, 9.17) is 0 Å². The van der Waals surface area contributed by atoms with Crippen LogP contribution in [0, 0.1) is 113 Å². The molecule has 2 aromatic carbocycles. The maximum atomic E-state index is 12.7. The van der Waals surface area contributed by atoms with Gasteiger partial charge in [0.05, 0.1) is 16.8 Å². The number of alkyl halides is 3. The van der Waals surface area contributed by atoms with Crippen molar-refractivity contribution in [1.82, 2.24) is 15.0 Å². The van der Waals surface area contributed by atoms with Crippen LogP contribution >= 0.6 is 0 Å². The normalized spacial score (nSPS) is 9.97. The van der Waals surface area contributed by atoms with Crippen molar-refractivity contribution < 1.29 is 126 Å². The van der Waals surface area contributed by atoms with Crippen LogP contribution in [0.25, 0.3) is 22.2 Å². The molecule has 0 saturated heterocycles. The third kappa shape index (κ3) is 9.70. The van der Waals surface area contributed by atoms with E-state index in [1.54, 1.807) is 6.20 Å². The molecule has 0 unspecified atom stereocenters. The van der Waals surface area contributed by atoms with Gasteiger partial charge in [-0.2, -0.15) is 13.2 Å². The first-order chi connectivity index (χ1) is 14.4. The first kappa shape index (κ1) is 33.3. The number of nitrogens with one attached hydrogen (secondary N) is 1. The molecule has 1 N–H and O–H groups in total. The first-order valence-electron chi connectivity index (χ1n) is 9.52. The topological polar surface area (TPSA) is 50.7 Å². The van der Waals surface area contributed by atoms with Gasteiger partial charge in [0.2, 0.25) is 0 Å². The number of halogens is 3. The van der Waals surface area contributed by atoms with Gasteiger partial charge in [-0.25, -0.2) is 9.97 Å². The van der Waals surface area contributed by atoms with E-state index in [0.717, 1.165) is 28.8 Å². The number of rotatable bonds is 3. The molecule has 0 aliphatic rings. The monoisotopic (exact) mass is 530 g/mol. The Balaban J connectivity index is 0.00000162. The van der Waals surface area contributed by atoms with Crippen LogP contribution in [-0.2, 0) is 6.18 Å². The second-order valence-electron chi connectivity index (χ2n) is 6.58. The second-order valence-corrected chi connectivity index (χ2v) is 6.58. The zero-order valence-corrected chi connectivity index (χ0v) is 19.8. The fraction of sp³-hybridized carbons (Fsp3) is 0.174. The number of nitrogens with zero attached hydrogens (tertiary/aromatic N) is 3. The molecular formula is C23H21Ar3F3N4. The minimum atomic E-state index is -4.36. The van der Waals surface area contributed by atoms with Crippen LogP contribution in [0.1, 0.15) is 25.8 Å². The summed E-state index contributed by atoms with van der Waals surface area (Å²) < 4.78 is 38.1. The summed E-state index contributed by atoms with van der Waals surface area (Å²) in [5, 5.41) is 3.81. The zero-order valence-electron chi connectivity index (χ0n) is 17.7. The van der Waals surface area contributed by atoms with Crippen LogP contribution in [-0.4, -0.2) is 15.0 Å². The molecule has 0 amide bonds. The largest absolute Gasteiger partial charge is 0.416 e. The molecule has 0 fully saturated rings. The molecule has 33 heavy (non-hydrogen) atoms. The number of hydrogen-bond acceptors (Lipinski definition) is 4. The summed E-state index contributed by atoms with van der Waals surface area (Å²) in [4.78, 5) is 12.8. The smallest absolute Gasteiger partial charge is 0.340 e. The van der Waals surface area contributed by atoms with E-state index in [1.807, 2.05) is 36.4 Å². The number of anilines is 2. The molecule has 4 rings (SSSR count). The molecule has 10 heteroatoms. The summed E-state index contributed by atoms with van der Waals surface area (Å²) in [7, 11) is 0. The van der Waals surface area contributed by atoms with E-state index in [-0.39, 0.29) is 113 Å². The van der Waals surface area contributed by atoms with Crippen LogP contribution in [0.5, 0.6) is 0 Å². The van der Waals surface area contributed by atoms with Crippen LogP contribution in [0.15, 0.2) is 73.2 Å². The van der Waals surface area contributed by atoms with E-state index in [2.05, 4.69) is 34.1 Å². The molecule has 0 saturated carbocycles. The third-order valence-corrected chi connectivity index (χ3v) is 4.07. The van der Waals surface area contributed by atoms with Gasteiger partial charge in [0.15, 0.2) is 0 Å². The maximum Gasteiger partial charge on any atom is 0.416 e. The Hall–Kier alpha value is 0.299. The van der Waals surface area contributed by atoms with E-state index in [9.17, 15) is 13.2 Å². The third-order valence-electron chi connectivity index (χ3n) is 4.07. The van der Waals surface area contributed by atoms with Crippen molar-refractivity contribution in [2.24, 2.45) is 0 Å². The molecular weight excluding hydrogens is 509 g/mol. The Kier molecular flexibility index (Phi) is 16.3. The number of hydrogen-bond donors (Lipinski definition) is 1. The van der Waals surface area contributed by atoms with Gasteiger partial charge >= 0.3 is 6.18 Å². The van der Waals surface area contributed by atoms with Crippen molar-refractivity contribution >= 4 is 22.4 Å². The van der Waals surface area contributed by atoms with E-state index < -0.39 is 11.7 Å². The molecule has 4 nitrogen and oxygen atoms in total.